The molecule has 2 nitrogen and oxygen atoms in total. The number of hydrogen-bond acceptors (Lipinski definition) is 2. The molecule has 0 heterocycles. The van der Waals surface area contributed by atoms with Crippen LogP contribution in [-0.2, 0) is 0 Å². The van der Waals surface area contributed by atoms with E-state index in [1.54, 1.807) is 0 Å². The van der Waals surface area contributed by atoms with Gasteiger partial charge in [0.1, 0.15) is 6.23 Å². The quantitative estimate of drug-likeness (QED) is 0.595. The molecule has 0 amide bonds. The van der Waals surface area contributed by atoms with E-state index in [9.17, 15) is 13.2 Å². The molecule has 0 aliphatic rings. The molecule has 0 bridgehead atoms. The van der Waals surface area contributed by atoms with E-state index in [1.807, 2.05) is 0 Å². The van der Waals surface area contributed by atoms with Crippen LogP contribution in [0, 0.1) is 0 Å². The van der Waals surface area contributed by atoms with E-state index in [-0.39, 0.29) is 6.54 Å². The Morgan fingerprint density at radius 1 is 1.50 bits per heavy atom. The first-order valence-electron chi connectivity index (χ1n) is 2.90. The first-order chi connectivity index (χ1) is 4.42. The molecule has 0 spiro atoms. The fourth-order valence-electron chi connectivity index (χ4n) is 0.423. The van der Waals surface area contributed by atoms with Gasteiger partial charge >= 0.3 is 6.18 Å². The Morgan fingerprint density at radius 2 is 2.00 bits per heavy atom. The third kappa shape index (κ3) is 7.71. The Labute approximate surface area is 57.0 Å². The minimum absolute atomic E-state index is 0.235. The SMILES string of the molecule is CC(O)NCCC(F)(F)F. The zero-order valence-corrected chi connectivity index (χ0v) is 5.57. The molecule has 1 unspecified atom stereocenters. The molecule has 0 radical (unpaired) electrons. The molecular weight excluding hydrogens is 147 g/mol. The van der Waals surface area contributed by atoms with Gasteiger partial charge in [0.25, 0.3) is 0 Å². The fourth-order valence-corrected chi connectivity index (χ4v) is 0.423. The summed E-state index contributed by atoms with van der Waals surface area (Å²) in [6.45, 7) is 1.14. The van der Waals surface area contributed by atoms with Crippen molar-refractivity contribution in [1.82, 2.24) is 5.32 Å². The molecule has 0 saturated carbocycles. The lowest BCUT2D eigenvalue weighted by Gasteiger charge is -2.08. The number of nitrogens with one attached hydrogen (secondary N) is 1. The number of aliphatic hydroxyl groups excluding tert-OH is 1. The molecule has 5 heteroatoms. The maximum absolute atomic E-state index is 11.4. The Kier molecular flexibility index (Phi) is 3.67. The molecule has 0 aromatic heterocycles. The second kappa shape index (κ2) is 3.78. The summed E-state index contributed by atoms with van der Waals surface area (Å²) in [7, 11) is 0. The normalized spacial score (nSPS) is 15.3. The number of alkyl halides is 3. The van der Waals surface area contributed by atoms with Crippen LogP contribution in [-0.4, -0.2) is 24.1 Å². The highest BCUT2D eigenvalue weighted by molar-refractivity contribution is 4.54. The van der Waals surface area contributed by atoms with E-state index < -0.39 is 18.8 Å². The minimum atomic E-state index is -4.14. The van der Waals surface area contributed by atoms with Gasteiger partial charge in [-0.1, -0.05) is 0 Å². The largest absolute Gasteiger partial charge is 0.390 e. The summed E-state index contributed by atoms with van der Waals surface area (Å²) < 4.78 is 34.2. The van der Waals surface area contributed by atoms with Crippen molar-refractivity contribution >= 4 is 0 Å². The number of halogens is 3. The van der Waals surface area contributed by atoms with E-state index >= 15 is 0 Å². The molecule has 10 heavy (non-hydrogen) atoms. The van der Waals surface area contributed by atoms with Gasteiger partial charge in [-0.15, -0.1) is 0 Å². The van der Waals surface area contributed by atoms with Crippen LogP contribution >= 0.6 is 0 Å². The minimum Gasteiger partial charge on any atom is -0.379 e. The second-order valence-electron chi connectivity index (χ2n) is 2.00. The van der Waals surface area contributed by atoms with Gasteiger partial charge in [0.15, 0.2) is 0 Å². The summed E-state index contributed by atoms with van der Waals surface area (Å²) in [4.78, 5) is 0. The summed E-state index contributed by atoms with van der Waals surface area (Å²) in [5, 5.41) is 10.7. The van der Waals surface area contributed by atoms with Gasteiger partial charge in [0.2, 0.25) is 0 Å². The molecule has 62 valence electrons. The summed E-state index contributed by atoms with van der Waals surface area (Å²) in [6.07, 6.45) is -5.91. The van der Waals surface area contributed by atoms with Gasteiger partial charge in [-0.25, -0.2) is 0 Å². The molecule has 0 aromatic carbocycles. The van der Waals surface area contributed by atoms with Crippen LogP contribution in [0.1, 0.15) is 13.3 Å². The highest BCUT2D eigenvalue weighted by atomic mass is 19.4. The van der Waals surface area contributed by atoms with Crippen LogP contribution in [0.15, 0.2) is 0 Å². The van der Waals surface area contributed by atoms with Gasteiger partial charge in [0.05, 0.1) is 6.42 Å². The summed E-state index contributed by atoms with van der Waals surface area (Å²) in [5.74, 6) is 0. The molecule has 2 N–H and O–H groups in total. The molecule has 0 aromatic rings. The van der Waals surface area contributed by atoms with Gasteiger partial charge in [-0.2, -0.15) is 13.2 Å². The van der Waals surface area contributed by atoms with Crippen molar-refractivity contribution < 1.29 is 18.3 Å². The monoisotopic (exact) mass is 157 g/mol. The van der Waals surface area contributed by atoms with Crippen LogP contribution in [0.25, 0.3) is 0 Å². The summed E-state index contributed by atoms with van der Waals surface area (Å²) >= 11 is 0. The van der Waals surface area contributed by atoms with Gasteiger partial charge in [-0.3, -0.25) is 5.32 Å². The molecular formula is C5H10F3NO. The van der Waals surface area contributed by atoms with Crippen LogP contribution < -0.4 is 5.32 Å². The van der Waals surface area contributed by atoms with Gasteiger partial charge in [-0.05, 0) is 6.92 Å². The summed E-state index contributed by atoms with van der Waals surface area (Å²) in [6, 6.07) is 0. The predicted molar refractivity (Wildman–Crippen MR) is 30.4 cm³/mol. The van der Waals surface area contributed by atoms with E-state index in [0.29, 0.717) is 0 Å². The highest BCUT2D eigenvalue weighted by Crippen LogP contribution is 2.17. The first-order valence-corrected chi connectivity index (χ1v) is 2.90. The first kappa shape index (κ1) is 9.71. The van der Waals surface area contributed by atoms with Crippen molar-refractivity contribution in [2.75, 3.05) is 6.54 Å². The summed E-state index contributed by atoms with van der Waals surface area (Å²) in [5.41, 5.74) is 0. The topological polar surface area (TPSA) is 32.3 Å². The Bertz CT molecular complexity index is 91.4. The Hall–Kier alpha value is -0.290. The van der Waals surface area contributed by atoms with Crippen LogP contribution in [0.3, 0.4) is 0 Å². The van der Waals surface area contributed by atoms with Crippen molar-refractivity contribution in [3.8, 4) is 0 Å². The van der Waals surface area contributed by atoms with Crippen LogP contribution in [0.5, 0.6) is 0 Å². The maximum atomic E-state index is 11.4. The molecule has 1 atom stereocenters. The average molecular weight is 157 g/mol. The van der Waals surface area contributed by atoms with Crippen molar-refractivity contribution in [3.05, 3.63) is 0 Å². The lowest BCUT2D eigenvalue weighted by atomic mass is 10.4. The standard InChI is InChI=1S/C5H10F3NO/c1-4(10)9-3-2-5(6,7)8/h4,9-10H,2-3H2,1H3. The third-order valence-corrected chi connectivity index (χ3v) is 0.848. The second-order valence-corrected chi connectivity index (χ2v) is 2.00. The zero-order valence-electron chi connectivity index (χ0n) is 5.57. The third-order valence-electron chi connectivity index (χ3n) is 0.848. The van der Waals surface area contributed by atoms with Crippen molar-refractivity contribution in [3.63, 3.8) is 0 Å². The Morgan fingerprint density at radius 3 is 2.30 bits per heavy atom. The molecule has 0 rings (SSSR count). The van der Waals surface area contributed by atoms with Crippen molar-refractivity contribution in [2.45, 2.75) is 25.7 Å². The number of aliphatic hydroxyl groups is 1. The smallest absolute Gasteiger partial charge is 0.379 e. The number of hydrogen-bond donors (Lipinski definition) is 2. The maximum Gasteiger partial charge on any atom is 0.390 e. The van der Waals surface area contributed by atoms with E-state index in [1.165, 1.54) is 6.92 Å². The van der Waals surface area contributed by atoms with Crippen LogP contribution in [0.4, 0.5) is 13.2 Å². The van der Waals surface area contributed by atoms with E-state index in [2.05, 4.69) is 5.32 Å². The Balaban J connectivity index is 3.21. The molecule has 0 saturated heterocycles. The molecule has 0 fully saturated rings. The zero-order chi connectivity index (χ0) is 8.20. The predicted octanol–water partition coefficient (Wildman–Crippen LogP) is 0.867. The highest BCUT2D eigenvalue weighted by Gasteiger charge is 2.26. The molecule has 0 aliphatic heterocycles. The van der Waals surface area contributed by atoms with Gasteiger partial charge < -0.3 is 5.11 Å². The van der Waals surface area contributed by atoms with E-state index in [0.717, 1.165) is 0 Å². The van der Waals surface area contributed by atoms with E-state index in [4.69, 9.17) is 5.11 Å². The fraction of sp³-hybridized carbons (Fsp3) is 1.00. The lowest BCUT2D eigenvalue weighted by molar-refractivity contribution is -0.134. The van der Waals surface area contributed by atoms with Crippen molar-refractivity contribution in [1.29, 1.82) is 0 Å². The number of rotatable bonds is 3. The average Bonchev–Trinajstić information content (AvgIpc) is 1.59. The molecule has 0 aliphatic carbocycles. The van der Waals surface area contributed by atoms with Crippen molar-refractivity contribution in [2.24, 2.45) is 0 Å². The lowest BCUT2D eigenvalue weighted by Crippen LogP contribution is -2.29. The van der Waals surface area contributed by atoms with Crippen LogP contribution in [0.2, 0.25) is 0 Å². The van der Waals surface area contributed by atoms with Gasteiger partial charge in [0, 0.05) is 6.54 Å².